The summed E-state index contributed by atoms with van der Waals surface area (Å²) >= 11 is 2.24. The first kappa shape index (κ1) is 16.4. The van der Waals surface area contributed by atoms with E-state index >= 15 is 0 Å². The van der Waals surface area contributed by atoms with Crippen LogP contribution in [0.5, 0.6) is 11.6 Å². The van der Waals surface area contributed by atoms with Crippen LogP contribution in [0, 0.1) is 22.3 Å². The number of aromatic nitrogens is 3. The number of hydrogen-bond acceptors (Lipinski definition) is 3. The first-order valence-corrected chi connectivity index (χ1v) is 9.55. The van der Waals surface area contributed by atoms with Gasteiger partial charge in [0, 0.05) is 24.1 Å². The van der Waals surface area contributed by atoms with E-state index in [1.165, 1.54) is 12.8 Å². The van der Waals surface area contributed by atoms with Crippen molar-refractivity contribution in [2.45, 2.75) is 39.2 Å². The van der Waals surface area contributed by atoms with Crippen LogP contribution in [-0.4, -0.2) is 14.8 Å². The summed E-state index contributed by atoms with van der Waals surface area (Å²) in [7, 11) is 0. The highest BCUT2D eigenvalue weighted by molar-refractivity contribution is 14.1. The third-order valence-electron chi connectivity index (χ3n) is 4.22. The Morgan fingerprint density at radius 1 is 1.36 bits per heavy atom. The third kappa shape index (κ3) is 3.23. The third-order valence-corrected chi connectivity index (χ3v) is 5.04. The van der Waals surface area contributed by atoms with Gasteiger partial charge in [0.15, 0.2) is 0 Å². The van der Waals surface area contributed by atoms with E-state index in [-0.39, 0.29) is 0 Å². The first-order valence-electron chi connectivity index (χ1n) is 8.47. The normalized spacial score (nSPS) is 13.6. The van der Waals surface area contributed by atoms with Gasteiger partial charge >= 0.3 is 0 Å². The van der Waals surface area contributed by atoms with Gasteiger partial charge in [-0.3, -0.25) is 4.68 Å². The Kier molecular flexibility index (Phi) is 4.38. The minimum absolute atomic E-state index is 0.520. The molecule has 1 fully saturated rings. The molecule has 5 heteroatoms. The van der Waals surface area contributed by atoms with Crippen LogP contribution in [0.15, 0.2) is 30.5 Å². The van der Waals surface area contributed by atoms with Crippen molar-refractivity contribution in [1.29, 1.82) is 0 Å². The van der Waals surface area contributed by atoms with Crippen LogP contribution >= 0.6 is 22.6 Å². The van der Waals surface area contributed by atoms with Crippen molar-refractivity contribution in [1.82, 2.24) is 14.8 Å². The summed E-state index contributed by atoms with van der Waals surface area (Å²) in [5, 5.41) is 5.88. The van der Waals surface area contributed by atoms with Gasteiger partial charge in [0.05, 0.1) is 26.4 Å². The van der Waals surface area contributed by atoms with Crippen LogP contribution in [0.2, 0.25) is 0 Å². The minimum atomic E-state index is 0.520. The zero-order valence-corrected chi connectivity index (χ0v) is 16.4. The molecule has 1 aliphatic carbocycles. The summed E-state index contributed by atoms with van der Waals surface area (Å²) in [6.45, 7) is 4.10. The molecule has 1 saturated carbocycles. The Morgan fingerprint density at radius 2 is 2.20 bits per heavy atom. The summed E-state index contributed by atoms with van der Waals surface area (Å²) in [6.07, 6.45) is 4.94. The van der Waals surface area contributed by atoms with Crippen molar-refractivity contribution in [2.75, 3.05) is 0 Å². The van der Waals surface area contributed by atoms with Crippen molar-refractivity contribution >= 4 is 33.5 Å². The number of benzene rings is 1. The number of hydrogen-bond donors (Lipinski definition) is 0. The van der Waals surface area contributed by atoms with E-state index in [1.807, 2.05) is 19.1 Å². The quantitative estimate of drug-likeness (QED) is 0.411. The lowest BCUT2D eigenvalue weighted by molar-refractivity contribution is 0.458. The topological polar surface area (TPSA) is 39.9 Å². The van der Waals surface area contributed by atoms with E-state index in [2.05, 4.69) is 63.2 Å². The van der Waals surface area contributed by atoms with E-state index in [0.717, 1.165) is 37.9 Å². The SMILES string of the molecule is CCC#Cc1cc2c(C)nn(C3CC3)c2cc1Oc1ncccc1I. The summed E-state index contributed by atoms with van der Waals surface area (Å²) in [4.78, 5) is 4.35. The Balaban J connectivity index is 1.87. The van der Waals surface area contributed by atoms with Crippen molar-refractivity contribution in [2.24, 2.45) is 0 Å². The Hall–Kier alpha value is -2.07. The maximum absolute atomic E-state index is 6.15. The number of aryl methyl sites for hydroxylation is 1. The molecular formula is C20H18IN3O. The van der Waals surface area contributed by atoms with E-state index in [1.54, 1.807) is 6.20 Å². The number of fused-ring (bicyclic) bond motifs is 1. The molecule has 3 aromatic rings. The van der Waals surface area contributed by atoms with Crippen molar-refractivity contribution in [3.8, 4) is 23.5 Å². The van der Waals surface area contributed by atoms with E-state index < -0.39 is 0 Å². The van der Waals surface area contributed by atoms with E-state index in [0.29, 0.717) is 11.9 Å². The minimum Gasteiger partial charge on any atom is -0.437 e. The highest BCUT2D eigenvalue weighted by atomic mass is 127. The largest absolute Gasteiger partial charge is 0.437 e. The molecule has 126 valence electrons. The molecule has 2 aromatic heterocycles. The summed E-state index contributed by atoms with van der Waals surface area (Å²) in [5.74, 6) is 7.74. The van der Waals surface area contributed by atoms with Gasteiger partial charge in [-0.25, -0.2) is 4.98 Å². The molecular weight excluding hydrogens is 425 g/mol. The fourth-order valence-electron chi connectivity index (χ4n) is 2.83. The average molecular weight is 443 g/mol. The number of rotatable bonds is 3. The predicted molar refractivity (Wildman–Crippen MR) is 107 cm³/mol. The molecule has 0 amide bonds. The molecule has 0 unspecified atom stereocenters. The molecule has 0 aliphatic heterocycles. The van der Waals surface area contributed by atoms with Crippen LogP contribution in [0.4, 0.5) is 0 Å². The molecule has 4 rings (SSSR count). The van der Waals surface area contributed by atoms with Gasteiger partial charge in [0.2, 0.25) is 5.88 Å². The van der Waals surface area contributed by atoms with Crippen LogP contribution in [0.3, 0.4) is 0 Å². The molecule has 25 heavy (non-hydrogen) atoms. The molecule has 0 saturated heterocycles. The van der Waals surface area contributed by atoms with Crippen LogP contribution in [0.1, 0.15) is 43.5 Å². The van der Waals surface area contributed by atoms with Crippen molar-refractivity contribution in [3.05, 3.63) is 45.3 Å². The molecule has 0 radical (unpaired) electrons. The van der Waals surface area contributed by atoms with Crippen LogP contribution in [0.25, 0.3) is 10.9 Å². The monoisotopic (exact) mass is 443 g/mol. The van der Waals surface area contributed by atoms with Gasteiger partial charge < -0.3 is 4.74 Å². The second-order valence-corrected chi connectivity index (χ2v) is 7.34. The Bertz CT molecular complexity index is 1010. The maximum atomic E-state index is 6.15. The summed E-state index contributed by atoms with van der Waals surface area (Å²) < 4.78 is 9.26. The van der Waals surface area contributed by atoms with Crippen molar-refractivity contribution < 1.29 is 4.74 Å². The van der Waals surface area contributed by atoms with Crippen molar-refractivity contribution in [3.63, 3.8) is 0 Å². The number of ether oxygens (including phenoxy) is 1. The molecule has 0 bridgehead atoms. The molecule has 0 N–H and O–H groups in total. The standard InChI is InChI=1S/C20H18IN3O/c1-3-4-6-14-11-16-13(2)23-24(15-8-9-15)18(16)12-19(14)25-20-17(21)7-5-10-22-20/h5,7,10-12,15H,3,8-9H2,1-2H3. The van der Waals surface area contributed by atoms with Gasteiger partial charge in [-0.2, -0.15) is 5.10 Å². The highest BCUT2D eigenvalue weighted by Gasteiger charge is 2.27. The molecule has 2 heterocycles. The van der Waals surface area contributed by atoms with Gasteiger partial charge in [-0.05, 0) is 60.6 Å². The fourth-order valence-corrected chi connectivity index (χ4v) is 3.29. The molecule has 1 aromatic carbocycles. The van der Waals surface area contributed by atoms with Gasteiger partial charge in [0.1, 0.15) is 5.75 Å². The lowest BCUT2D eigenvalue weighted by Gasteiger charge is -2.10. The number of halogens is 1. The second kappa shape index (κ2) is 6.68. The van der Waals surface area contributed by atoms with Crippen LogP contribution < -0.4 is 4.74 Å². The smallest absolute Gasteiger partial charge is 0.232 e. The molecule has 4 nitrogen and oxygen atoms in total. The van der Waals surface area contributed by atoms with Crippen LogP contribution in [-0.2, 0) is 0 Å². The highest BCUT2D eigenvalue weighted by Crippen LogP contribution is 2.39. The zero-order valence-electron chi connectivity index (χ0n) is 14.2. The zero-order chi connectivity index (χ0) is 17.4. The lowest BCUT2D eigenvalue weighted by atomic mass is 10.1. The first-order chi connectivity index (χ1) is 12.2. The molecule has 0 atom stereocenters. The van der Waals surface area contributed by atoms with Gasteiger partial charge in [0.25, 0.3) is 0 Å². The summed E-state index contributed by atoms with van der Waals surface area (Å²) in [5.41, 5.74) is 3.04. The molecule has 1 aliphatic rings. The fraction of sp³-hybridized carbons (Fsp3) is 0.300. The second-order valence-electron chi connectivity index (χ2n) is 6.17. The van der Waals surface area contributed by atoms with E-state index in [4.69, 9.17) is 9.84 Å². The number of pyridine rings is 1. The lowest BCUT2D eigenvalue weighted by Crippen LogP contribution is -1.97. The number of nitrogens with zero attached hydrogens (tertiary/aromatic N) is 3. The van der Waals surface area contributed by atoms with Gasteiger partial charge in [-0.1, -0.05) is 18.8 Å². The maximum Gasteiger partial charge on any atom is 0.232 e. The summed E-state index contributed by atoms with van der Waals surface area (Å²) in [6, 6.07) is 8.58. The molecule has 0 spiro atoms. The Morgan fingerprint density at radius 3 is 2.92 bits per heavy atom. The average Bonchev–Trinajstić information content (AvgIpc) is 3.40. The predicted octanol–water partition coefficient (Wildman–Crippen LogP) is 5.23. The van der Waals surface area contributed by atoms with E-state index in [9.17, 15) is 0 Å². The van der Waals surface area contributed by atoms with Gasteiger partial charge in [-0.15, -0.1) is 0 Å². The Labute approximate surface area is 160 Å².